The summed E-state index contributed by atoms with van der Waals surface area (Å²) in [7, 11) is 0. The molecule has 92 valence electrons. The number of hydrogen-bond donors (Lipinski definition) is 2. The molecule has 1 unspecified atom stereocenters. The van der Waals surface area contributed by atoms with Crippen LogP contribution in [0, 0.1) is 5.82 Å². The maximum atomic E-state index is 13.5. The molecule has 0 aromatic heterocycles. The predicted molar refractivity (Wildman–Crippen MR) is 58.7 cm³/mol. The van der Waals surface area contributed by atoms with Gasteiger partial charge in [0.1, 0.15) is 5.82 Å². The van der Waals surface area contributed by atoms with Gasteiger partial charge < -0.3 is 10.2 Å². The molecule has 0 aliphatic carbocycles. The fraction of sp³-hybridized carbons (Fsp3) is 0.273. The molecule has 2 N–H and O–H groups in total. The van der Waals surface area contributed by atoms with E-state index in [1.807, 2.05) is 0 Å². The van der Waals surface area contributed by atoms with Crippen molar-refractivity contribution in [2.45, 2.75) is 12.5 Å². The lowest BCUT2D eigenvalue weighted by Crippen LogP contribution is -2.13. The van der Waals surface area contributed by atoms with Crippen LogP contribution < -0.4 is 0 Å². The molecule has 0 aliphatic rings. The van der Waals surface area contributed by atoms with Gasteiger partial charge in [-0.1, -0.05) is 12.1 Å². The van der Waals surface area contributed by atoms with Crippen LogP contribution in [0.15, 0.2) is 18.2 Å². The number of halogens is 2. The second-order valence-corrected chi connectivity index (χ2v) is 3.72. The van der Waals surface area contributed by atoms with Gasteiger partial charge in [-0.25, -0.2) is 9.18 Å². The van der Waals surface area contributed by atoms with Crippen molar-refractivity contribution in [1.82, 2.24) is 0 Å². The van der Waals surface area contributed by atoms with Gasteiger partial charge in [-0.05, 0) is 6.07 Å². The number of carboxylic acid groups (broad SMARTS) is 1. The number of carbonyl (C=O) groups excluding carboxylic acids is 1. The second kappa shape index (κ2) is 5.75. The minimum atomic E-state index is -1.94. The van der Waals surface area contributed by atoms with Crippen LogP contribution in [0.4, 0.5) is 4.39 Å². The Morgan fingerprint density at radius 3 is 2.53 bits per heavy atom. The second-order valence-electron chi connectivity index (χ2n) is 3.34. The normalized spacial score (nSPS) is 12.2. The summed E-state index contributed by atoms with van der Waals surface area (Å²) in [6.07, 6.45) is -1.87. The van der Waals surface area contributed by atoms with Gasteiger partial charge in [0.25, 0.3) is 0 Å². The van der Waals surface area contributed by atoms with Crippen molar-refractivity contribution in [2.75, 3.05) is 5.88 Å². The Kier molecular flexibility index (Phi) is 4.60. The van der Waals surface area contributed by atoms with E-state index < -0.39 is 17.9 Å². The zero-order chi connectivity index (χ0) is 13.0. The molecule has 6 heteroatoms. The molecule has 0 radical (unpaired) electrons. The molecule has 1 aromatic rings. The molecule has 0 fully saturated rings. The number of carboxylic acids is 1. The molecule has 0 saturated carbocycles. The number of aliphatic hydroxyl groups is 1. The van der Waals surface area contributed by atoms with Crippen LogP contribution in [0.2, 0.25) is 0 Å². The van der Waals surface area contributed by atoms with Gasteiger partial charge in [0.15, 0.2) is 11.9 Å². The van der Waals surface area contributed by atoms with E-state index in [1.54, 1.807) is 0 Å². The number of rotatable bonds is 5. The Bertz CT molecular complexity index is 447. The average Bonchev–Trinajstić information content (AvgIpc) is 2.28. The summed E-state index contributed by atoms with van der Waals surface area (Å²) >= 11 is 5.38. The van der Waals surface area contributed by atoms with E-state index in [2.05, 4.69) is 0 Å². The third kappa shape index (κ3) is 3.25. The van der Waals surface area contributed by atoms with Gasteiger partial charge in [0, 0.05) is 23.4 Å². The molecular formula is C11H10ClFO4. The number of benzene rings is 1. The van der Waals surface area contributed by atoms with Crippen molar-refractivity contribution < 1.29 is 24.2 Å². The van der Waals surface area contributed by atoms with Crippen molar-refractivity contribution >= 4 is 23.4 Å². The van der Waals surface area contributed by atoms with Gasteiger partial charge in [-0.15, -0.1) is 11.6 Å². The van der Waals surface area contributed by atoms with E-state index in [4.69, 9.17) is 21.8 Å². The molecule has 0 spiro atoms. The molecule has 0 aliphatic heterocycles. The minimum Gasteiger partial charge on any atom is -0.479 e. The number of alkyl halides is 1. The lowest BCUT2D eigenvalue weighted by atomic mass is 10.0. The Labute approximate surface area is 102 Å². The minimum absolute atomic E-state index is 0.0713. The SMILES string of the molecule is O=C(CCCl)c1ccc(C(O)C(=O)O)c(F)c1. The van der Waals surface area contributed by atoms with E-state index >= 15 is 0 Å². The summed E-state index contributed by atoms with van der Waals surface area (Å²) in [5.41, 5.74) is -0.274. The van der Waals surface area contributed by atoms with Gasteiger partial charge in [-0.3, -0.25) is 4.79 Å². The summed E-state index contributed by atoms with van der Waals surface area (Å²) in [5, 5.41) is 17.7. The Morgan fingerprint density at radius 2 is 2.06 bits per heavy atom. The topological polar surface area (TPSA) is 74.6 Å². The molecule has 0 heterocycles. The van der Waals surface area contributed by atoms with Crippen LogP contribution in [-0.4, -0.2) is 27.8 Å². The molecule has 1 aromatic carbocycles. The predicted octanol–water partition coefficient (Wildman–Crippen LogP) is 1.76. The number of carbonyl (C=O) groups is 2. The number of aliphatic hydroxyl groups excluding tert-OH is 1. The first-order valence-electron chi connectivity index (χ1n) is 4.77. The van der Waals surface area contributed by atoms with Crippen LogP contribution in [0.25, 0.3) is 0 Å². The van der Waals surface area contributed by atoms with Crippen molar-refractivity contribution in [3.05, 3.63) is 35.1 Å². The third-order valence-electron chi connectivity index (χ3n) is 2.17. The molecule has 0 amide bonds. The standard InChI is InChI=1S/C11H10ClFO4/c12-4-3-9(14)6-1-2-7(8(13)5-6)10(15)11(16)17/h1-2,5,10,15H,3-4H2,(H,16,17). The fourth-order valence-corrected chi connectivity index (χ4v) is 1.46. The van der Waals surface area contributed by atoms with E-state index in [1.165, 1.54) is 6.07 Å². The fourth-order valence-electron chi connectivity index (χ4n) is 1.29. The highest BCUT2D eigenvalue weighted by Crippen LogP contribution is 2.19. The van der Waals surface area contributed by atoms with E-state index in [9.17, 15) is 14.0 Å². The van der Waals surface area contributed by atoms with E-state index in [0.29, 0.717) is 0 Å². The number of ketones is 1. The van der Waals surface area contributed by atoms with Crippen LogP contribution in [0.1, 0.15) is 28.4 Å². The molecule has 17 heavy (non-hydrogen) atoms. The molecule has 0 saturated heterocycles. The largest absolute Gasteiger partial charge is 0.479 e. The summed E-state index contributed by atoms with van der Waals surface area (Å²) in [4.78, 5) is 21.9. The highest BCUT2D eigenvalue weighted by atomic mass is 35.5. The first kappa shape index (κ1) is 13.6. The Morgan fingerprint density at radius 1 is 1.41 bits per heavy atom. The number of hydrogen-bond acceptors (Lipinski definition) is 3. The average molecular weight is 261 g/mol. The van der Waals surface area contributed by atoms with Crippen LogP contribution >= 0.6 is 11.6 Å². The quantitative estimate of drug-likeness (QED) is 0.625. The third-order valence-corrected chi connectivity index (χ3v) is 2.36. The zero-order valence-electron chi connectivity index (χ0n) is 8.69. The summed E-state index contributed by atoms with van der Waals surface area (Å²) in [6.45, 7) is 0. The molecule has 4 nitrogen and oxygen atoms in total. The lowest BCUT2D eigenvalue weighted by Gasteiger charge is -2.08. The van der Waals surface area contributed by atoms with Gasteiger partial charge in [-0.2, -0.15) is 0 Å². The van der Waals surface area contributed by atoms with Crippen LogP contribution in [0.5, 0.6) is 0 Å². The maximum absolute atomic E-state index is 13.5. The molecule has 0 bridgehead atoms. The monoisotopic (exact) mass is 260 g/mol. The molecular weight excluding hydrogens is 251 g/mol. The smallest absolute Gasteiger partial charge is 0.337 e. The van der Waals surface area contributed by atoms with E-state index in [-0.39, 0.29) is 29.2 Å². The van der Waals surface area contributed by atoms with Crippen molar-refractivity contribution in [3.63, 3.8) is 0 Å². The van der Waals surface area contributed by atoms with Crippen molar-refractivity contribution in [1.29, 1.82) is 0 Å². The highest BCUT2D eigenvalue weighted by Gasteiger charge is 2.20. The van der Waals surface area contributed by atoms with Crippen LogP contribution in [-0.2, 0) is 4.79 Å². The van der Waals surface area contributed by atoms with Gasteiger partial charge in [0.05, 0.1) is 0 Å². The Balaban J connectivity index is 3.01. The van der Waals surface area contributed by atoms with E-state index in [0.717, 1.165) is 12.1 Å². The maximum Gasteiger partial charge on any atom is 0.337 e. The molecule has 1 atom stereocenters. The zero-order valence-corrected chi connectivity index (χ0v) is 9.45. The first-order chi connectivity index (χ1) is 7.97. The summed E-state index contributed by atoms with van der Waals surface area (Å²) in [5.74, 6) is -2.70. The summed E-state index contributed by atoms with van der Waals surface area (Å²) < 4.78 is 13.5. The van der Waals surface area contributed by atoms with Crippen LogP contribution in [0.3, 0.4) is 0 Å². The van der Waals surface area contributed by atoms with Crippen molar-refractivity contribution in [2.24, 2.45) is 0 Å². The molecule has 1 rings (SSSR count). The summed E-state index contributed by atoms with van der Waals surface area (Å²) in [6, 6.07) is 3.24. The van der Waals surface area contributed by atoms with Gasteiger partial charge in [0.2, 0.25) is 0 Å². The lowest BCUT2D eigenvalue weighted by molar-refractivity contribution is -0.147. The van der Waals surface area contributed by atoms with Gasteiger partial charge >= 0.3 is 5.97 Å². The van der Waals surface area contributed by atoms with Crippen molar-refractivity contribution in [3.8, 4) is 0 Å². The first-order valence-corrected chi connectivity index (χ1v) is 5.30. The highest BCUT2D eigenvalue weighted by molar-refractivity contribution is 6.19. The number of aliphatic carboxylic acids is 1. The number of Topliss-reactive ketones (excluding diaryl/α,β-unsaturated/α-hetero) is 1. The Hall–Kier alpha value is -1.46.